The molecule has 1 atom stereocenters. The van der Waals surface area contributed by atoms with Gasteiger partial charge in [-0.1, -0.05) is 0 Å². The van der Waals surface area contributed by atoms with Gasteiger partial charge >= 0.3 is 6.09 Å². The first kappa shape index (κ1) is 14.0. The van der Waals surface area contributed by atoms with E-state index in [4.69, 9.17) is 0 Å². The molecule has 0 radical (unpaired) electrons. The van der Waals surface area contributed by atoms with Gasteiger partial charge in [0.25, 0.3) is 0 Å². The Hall–Kier alpha value is -2.44. The summed E-state index contributed by atoms with van der Waals surface area (Å²) >= 11 is 0. The number of carbonyl (C=O) groups excluding carboxylic acids is 2. The van der Waals surface area contributed by atoms with Crippen LogP contribution in [-0.4, -0.2) is 35.5 Å². The number of anilines is 1. The highest BCUT2D eigenvalue weighted by Gasteiger charge is 2.35. The van der Waals surface area contributed by atoms with Crippen molar-refractivity contribution in [3.05, 3.63) is 29.6 Å². The first-order valence-corrected chi connectivity index (χ1v) is 6.02. The van der Waals surface area contributed by atoms with Gasteiger partial charge in [0.1, 0.15) is 11.9 Å². The Bertz CT molecular complexity index is 588. The second-order valence-corrected chi connectivity index (χ2v) is 4.47. The SMILES string of the molecule is CC(=O)c1ccc(N(C(=O)O)[C@H]2CCNC2=O)c(F)c1. The summed E-state index contributed by atoms with van der Waals surface area (Å²) in [4.78, 5) is 34.8. The molecule has 0 bridgehead atoms. The molecule has 1 aliphatic rings. The second-order valence-electron chi connectivity index (χ2n) is 4.47. The van der Waals surface area contributed by atoms with Crippen molar-refractivity contribution < 1.29 is 23.9 Å². The van der Waals surface area contributed by atoms with Crippen LogP contribution in [0, 0.1) is 5.82 Å². The monoisotopic (exact) mass is 280 g/mol. The van der Waals surface area contributed by atoms with Gasteiger partial charge < -0.3 is 10.4 Å². The number of nitrogens with zero attached hydrogens (tertiary/aromatic N) is 1. The van der Waals surface area contributed by atoms with Crippen LogP contribution in [0.3, 0.4) is 0 Å². The van der Waals surface area contributed by atoms with Gasteiger partial charge in [0.15, 0.2) is 5.78 Å². The number of ketones is 1. The van der Waals surface area contributed by atoms with Crippen LogP contribution >= 0.6 is 0 Å². The summed E-state index contributed by atoms with van der Waals surface area (Å²) in [5.41, 5.74) is -0.0861. The fourth-order valence-corrected chi connectivity index (χ4v) is 2.15. The quantitative estimate of drug-likeness (QED) is 0.819. The summed E-state index contributed by atoms with van der Waals surface area (Å²) in [5.74, 6) is -1.63. The molecule has 1 aromatic carbocycles. The fourth-order valence-electron chi connectivity index (χ4n) is 2.15. The molecular weight excluding hydrogens is 267 g/mol. The fraction of sp³-hybridized carbons (Fsp3) is 0.308. The van der Waals surface area contributed by atoms with E-state index in [0.29, 0.717) is 11.4 Å². The predicted molar refractivity (Wildman–Crippen MR) is 68.3 cm³/mol. The Labute approximate surface area is 114 Å². The number of Topliss-reactive ketones (excluding diaryl/α,β-unsaturated/α-hetero) is 1. The van der Waals surface area contributed by atoms with Gasteiger partial charge in [-0.15, -0.1) is 0 Å². The number of hydrogen-bond donors (Lipinski definition) is 2. The van der Waals surface area contributed by atoms with Crippen molar-refractivity contribution in [2.45, 2.75) is 19.4 Å². The zero-order chi connectivity index (χ0) is 14.9. The molecule has 0 aliphatic carbocycles. The highest BCUT2D eigenvalue weighted by Crippen LogP contribution is 2.25. The normalized spacial score (nSPS) is 17.7. The van der Waals surface area contributed by atoms with E-state index in [9.17, 15) is 23.9 Å². The van der Waals surface area contributed by atoms with Crippen LogP contribution in [0.15, 0.2) is 18.2 Å². The van der Waals surface area contributed by atoms with Crippen LogP contribution < -0.4 is 10.2 Å². The van der Waals surface area contributed by atoms with E-state index < -0.39 is 23.9 Å². The molecule has 0 aromatic heterocycles. The van der Waals surface area contributed by atoms with Gasteiger partial charge in [0.05, 0.1) is 5.69 Å². The molecule has 6 nitrogen and oxygen atoms in total. The Morgan fingerprint density at radius 2 is 2.15 bits per heavy atom. The van der Waals surface area contributed by atoms with E-state index in [-0.39, 0.29) is 23.5 Å². The number of hydrogen-bond acceptors (Lipinski definition) is 3. The first-order chi connectivity index (χ1) is 9.41. The number of benzene rings is 1. The maximum Gasteiger partial charge on any atom is 0.412 e. The molecule has 2 amide bonds. The van der Waals surface area contributed by atoms with E-state index in [2.05, 4.69) is 5.32 Å². The molecule has 7 heteroatoms. The van der Waals surface area contributed by atoms with Crippen LogP contribution in [0.5, 0.6) is 0 Å². The molecule has 106 valence electrons. The van der Waals surface area contributed by atoms with Crippen LogP contribution in [0.25, 0.3) is 0 Å². The Morgan fingerprint density at radius 3 is 2.60 bits per heavy atom. The highest BCUT2D eigenvalue weighted by atomic mass is 19.1. The average molecular weight is 280 g/mol. The van der Waals surface area contributed by atoms with Crippen molar-refractivity contribution in [3.63, 3.8) is 0 Å². The number of halogens is 1. The van der Waals surface area contributed by atoms with Gasteiger partial charge in [0.2, 0.25) is 5.91 Å². The van der Waals surface area contributed by atoms with Crippen LogP contribution in [-0.2, 0) is 4.79 Å². The van der Waals surface area contributed by atoms with E-state index in [1.54, 1.807) is 0 Å². The zero-order valence-electron chi connectivity index (χ0n) is 10.7. The maximum atomic E-state index is 14.0. The van der Waals surface area contributed by atoms with Crippen molar-refractivity contribution in [2.24, 2.45) is 0 Å². The van der Waals surface area contributed by atoms with Gasteiger partial charge in [-0.25, -0.2) is 9.18 Å². The third-order valence-corrected chi connectivity index (χ3v) is 3.15. The lowest BCUT2D eigenvalue weighted by Crippen LogP contribution is -2.44. The van der Waals surface area contributed by atoms with Crippen molar-refractivity contribution in [1.29, 1.82) is 0 Å². The summed E-state index contributed by atoms with van der Waals surface area (Å²) in [6.07, 6.45) is -1.14. The molecule has 1 aliphatic heterocycles. The van der Waals surface area contributed by atoms with Gasteiger partial charge in [0, 0.05) is 12.1 Å². The summed E-state index contributed by atoms with van der Waals surface area (Å²) < 4.78 is 14.0. The molecule has 2 N–H and O–H groups in total. The van der Waals surface area contributed by atoms with Crippen LogP contribution in [0.1, 0.15) is 23.7 Å². The molecule has 0 saturated carbocycles. The molecule has 1 heterocycles. The summed E-state index contributed by atoms with van der Waals surface area (Å²) in [7, 11) is 0. The van der Waals surface area contributed by atoms with Crippen molar-refractivity contribution in [2.75, 3.05) is 11.4 Å². The standard InChI is InChI=1S/C13H13FN2O4/c1-7(17)8-2-3-10(9(14)6-8)16(13(19)20)11-4-5-15-12(11)18/h2-3,6,11H,4-5H2,1H3,(H,15,18)(H,19,20)/t11-/m0/s1. The molecule has 1 fully saturated rings. The molecular formula is C13H13FN2O4. The zero-order valence-corrected chi connectivity index (χ0v) is 10.7. The second kappa shape index (κ2) is 5.28. The van der Waals surface area contributed by atoms with Gasteiger partial charge in [-0.3, -0.25) is 14.5 Å². The number of carboxylic acid groups (broad SMARTS) is 1. The Kier molecular flexibility index (Phi) is 3.69. The van der Waals surface area contributed by atoms with E-state index >= 15 is 0 Å². The minimum atomic E-state index is -1.42. The lowest BCUT2D eigenvalue weighted by molar-refractivity contribution is -0.120. The average Bonchev–Trinajstić information content (AvgIpc) is 2.77. The molecule has 1 aromatic rings. The third kappa shape index (κ3) is 2.47. The van der Waals surface area contributed by atoms with Crippen molar-refractivity contribution in [1.82, 2.24) is 5.32 Å². The molecule has 0 unspecified atom stereocenters. The summed E-state index contributed by atoms with van der Waals surface area (Å²) in [5, 5.41) is 11.7. The van der Waals surface area contributed by atoms with Crippen molar-refractivity contribution in [3.8, 4) is 0 Å². The lowest BCUT2D eigenvalue weighted by Gasteiger charge is -2.24. The van der Waals surface area contributed by atoms with Crippen molar-refractivity contribution >= 4 is 23.5 Å². The molecule has 2 rings (SSSR count). The largest absolute Gasteiger partial charge is 0.465 e. The topological polar surface area (TPSA) is 86.7 Å². The lowest BCUT2D eigenvalue weighted by atomic mass is 10.1. The van der Waals surface area contributed by atoms with E-state index in [1.165, 1.54) is 19.1 Å². The van der Waals surface area contributed by atoms with Gasteiger partial charge in [-0.2, -0.15) is 0 Å². The van der Waals surface area contributed by atoms with Crippen LogP contribution in [0.2, 0.25) is 0 Å². The number of nitrogens with one attached hydrogen (secondary N) is 1. The number of amides is 2. The first-order valence-electron chi connectivity index (χ1n) is 6.02. The minimum Gasteiger partial charge on any atom is -0.465 e. The summed E-state index contributed by atoms with van der Waals surface area (Å²) in [6, 6.07) is 2.56. The third-order valence-electron chi connectivity index (χ3n) is 3.15. The Morgan fingerprint density at radius 1 is 1.45 bits per heavy atom. The smallest absolute Gasteiger partial charge is 0.412 e. The van der Waals surface area contributed by atoms with Gasteiger partial charge in [-0.05, 0) is 31.5 Å². The highest BCUT2D eigenvalue weighted by molar-refractivity contribution is 5.99. The summed E-state index contributed by atoms with van der Waals surface area (Å²) in [6.45, 7) is 1.63. The van der Waals surface area contributed by atoms with Crippen LogP contribution in [0.4, 0.5) is 14.9 Å². The predicted octanol–water partition coefficient (Wildman–Crippen LogP) is 1.40. The minimum absolute atomic E-state index is 0.146. The maximum absolute atomic E-state index is 14.0. The number of rotatable bonds is 3. The number of carbonyl (C=O) groups is 3. The van der Waals surface area contributed by atoms with E-state index in [1.807, 2.05) is 0 Å². The molecule has 1 saturated heterocycles. The van der Waals surface area contributed by atoms with E-state index in [0.717, 1.165) is 6.07 Å². The molecule has 20 heavy (non-hydrogen) atoms. The Balaban J connectivity index is 2.42. The molecule has 0 spiro atoms.